The van der Waals surface area contributed by atoms with Gasteiger partial charge in [-0.15, -0.1) is 0 Å². The van der Waals surface area contributed by atoms with Gasteiger partial charge in [0.05, 0.1) is 23.6 Å². The van der Waals surface area contributed by atoms with Crippen molar-refractivity contribution in [3.63, 3.8) is 0 Å². The van der Waals surface area contributed by atoms with Crippen molar-refractivity contribution in [3.05, 3.63) is 74.6 Å². The van der Waals surface area contributed by atoms with Gasteiger partial charge in [-0.05, 0) is 55.4 Å². The van der Waals surface area contributed by atoms with E-state index in [9.17, 15) is 9.59 Å². The summed E-state index contributed by atoms with van der Waals surface area (Å²) in [6, 6.07) is 12.1. The molecule has 0 aliphatic carbocycles. The minimum Gasteiger partial charge on any atom is -0.494 e. The van der Waals surface area contributed by atoms with Crippen LogP contribution in [-0.4, -0.2) is 48.5 Å². The molecule has 35 heavy (non-hydrogen) atoms. The number of benzene rings is 2. The molecule has 0 spiro atoms. The zero-order chi connectivity index (χ0) is 24.9. The zero-order valence-corrected chi connectivity index (χ0v) is 21.4. The number of fused-ring (bicyclic) bond motifs is 2. The first-order valence-corrected chi connectivity index (χ1v) is 12.9. The second-order valence-corrected chi connectivity index (χ2v) is 9.31. The number of carbonyl (C=O) groups is 1. The van der Waals surface area contributed by atoms with Gasteiger partial charge in [0.2, 0.25) is 5.76 Å². The third kappa shape index (κ3) is 5.24. The first kappa shape index (κ1) is 25.3. The quantitative estimate of drug-likeness (QED) is 0.309. The fourth-order valence-electron chi connectivity index (χ4n) is 4.68. The molecule has 0 radical (unpaired) electrons. The Morgan fingerprint density at radius 1 is 1.06 bits per heavy atom. The molecule has 4 rings (SSSR count). The summed E-state index contributed by atoms with van der Waals surface area (Å²) in [5.41, 5.74) is 1.34. The molecule has 0 N–H and O–H groups in total. The molecule has 1 atom stereocenters. The number of rotatable bonds is 11. The molecule has 3 aromatic rings. The second kappa shape index (κ2) is 11.3. The summed E-state index contributed by atoms with van der Waals surface area (Å²) in [4.78, 5) is 31.3. The molecule has 1 aromatic heterocycles. The van der Waals surface area contributed by atoms with E-state index in [0.29, 0.717) is 41.3 Å². The Labute approximate surface area is 211 Å². The first-order valence-electron chi connectivity index (χ1n) is 12.5. The molecule has 0 saturated heterocycles. The van der Waals surface area contributed by atoms with Crippen molar-refractivity contribution in [2.24, 2.45) is 0 Å². The monoisotopic (exact) mass is 496 g/mol. The van der Waals surface area contributed by atoms with Gasteiger partial charge in [-0.3, -0.25) is 9.59 Å². The van der Waals surface area contributed by atoms with Crippen LogP contribution in [0.25, 0.3) is 11.0 Å². The van der Waals surface area contributed by atoms with Crippen molar-refractivity contribution in [3.8, 4) is 5.75 Å². The summed E-state index contributed by atoms with van der Waals surface area (Å²) in [5.74, 6) is 0.584. The van der Waals surface area contributed by atoms with E-state index in [4.69, 9.17) is 20.8 Å². The van der Waals surface area contributed by atoms with Crippen LogP contribution in [0, 0.1) is 0 Å². The average Bonchev–Trinajstić information content (AvgIpc) is 3.15. The fourth-order valence-corrected chi connectivity index (χ4v) is 4.85. The SMILES string of the molecule is CCCCCOc1cccc(C2c3c(oc4ccc(Cl)cc4c3=O)C(=O)N2CCN(CC)CC)c1. The summed E-state index contributed by atoms with van der Waals surface area (Å²) < 4.78 is 12.0. The topological polar surface area (TPSA) is 63.0 Å². The van der Waals surface area contributed by atoms with Crippen LogP contribution in [0.2, 0.25) is 5.02 Å². The van der Waals surface area contributed by atoms with Crippen LogP contribution < -0.4 is 10.2 Å². The molecular weight excluding hydrogens is 464 g/mol. The average molecular weight is 497 g/mol. The molecule has 0 fully saturated rings. The number of carbonyl (C=O) groups excluding carboxylic acids is 1. The summed E-state index contributed by atoms with van der Waals surface area (Å²) >= 11 is 6.18. The first-order chi connectivity index (χ1) is 17.0. The molecule has 2 heterocycles. The predicted octanol–water partition coefficient (Wildman–Crippen LogP) is 5.90. The molecule has 0 bridgehead atoms. The van der Waals surface area contributed by atoms with Crippen LogP contribution in [0.1, 0.15) is 67.8 Å². The lowest BCUT2D eigenvalue weighted by atomic mass is 9.98. The Morgan fingerprint density at radius 3 is 2.60 bits per heavy atom. The number of amides is 1. The van der Waals surface area contributed by atoms with Crippen LogP contribution in [0.5, 0.6) is 5.75 Å². The normalized spacial score (nSPS) is 15.3. The minimum absolute atomic E-state index is 0.114. The molecule has 1 aliphatic rings. The Bertz CT molecular complexity index is 1250. The van der Waals surface area contributed by atoms with Gasteiger partial charge in [0.25, 0.3) is 5.91 Å². The fraction of sp³-hybridized carbons (Fsp3) is 0.429. The van der Waals surface area contributed by atoms with Gasteiger partial charge >= 0.3 is 0 Å². The standard InChI is InChI=1S/C28H33ClN2O4/c1-4-7-8-16-34-21-11-9-10-19(17-21)25-24-26(32)22-18-20(29)12-13-23(22)35-27(24)28(33)31(25)15-14-30(5-2)6-3/h9-13,17-18,25H,4-8,14-16H2,1-3H3. The van der Waals surface area contributed by atoms with Crippen LogP contribution >= 0.6 is 11.6 Å². The zero-order valence-electron chi connectivity index (χ0n) is 20.7. The molecule has 7 heteroatoms. The number of likely N-dealkylation sites (N-methyl/N-ethyl adjacent to an activating group) is 1. The van der Waals surface area contributed by atoms with E-state index >= 15 is 0 Å². The number of hydrogen-bond acceptors (Lipinski definition) is 5. The van der Waals surface area contributed by atoms with Gasteiger partial charge in [-0.1, -0.05) is 57.3 Å². The van der Waals surface area contributed by atoms with Gasteiger partial charge in [0.15, 0.2) is 5.43 Å². The van der Waals surface area contributed by atoms with Crippen LogP contribution in [-0.2, 0) is 0 Å². The maximum atomic E-state index is 13.7. The number of nitrogens with zero attached hydrogens (tertiary/aromatic N) is 2. The molecule has 1 aliphatic heterocycles. The smallest absolute Gasteiger partial charge is 0.290 e. The van der Waals surface area contributed by atoms with Gasteiger partial charge in [-0.25, -0.2) is 0 Å². The Morgan fingerprint density at radius 2 is 1.86 bits per heavy atom. The van der Waals surface area contributed by atoms with E-state index in [1.54, 1.807) is 23.1 Å². The van der Waals surface area contributed by atoms with Crippen LogP contribution in [0.15, 0.2) is 51.7 Å². The Kier molecular flexibility index (Phi) is 8.14. The largest absolute Gasteiger partial charge is 0.494 e. The highest BCUT2D eigenvalue weighted by Crippen LogP contribution is 2.39. The number of halogens is 1. The summed E-state index contributed by atoms with van der Waals surface area (Å²) in [6.45, 7) is 9.95. The van der Waals surface area contributed by atoms with E-state index in [-0.39, 0.29) is 17.1 Å². The van der Waals surface area contributed by atoms with E-state index in [1.807, 2.05) is 24.3 Å². The van der Waals surface area contributed by atoms with E-state index in [0.717, 1.165) is 43.7 Å². The lowest BCUT2D eigenvalue weighted by molar-refractivity contribution is 0.0708. The van der Waals surface area contributed by atoms with Crippen molar-refractivity contribution < 1.29 is 13.9 Å². The molecule has 0 saturated carbocycles. The minimum atomic E-state index is -0.549. The molecule has 186 valence electrons. The lowest BCUT2D eigenvalue weighted by Crippen LogP contribution is -2.37. The highest BCUT2D eigenvalue weighted by molar-refractivity contribution is 6.31. The van der Waals surface area contributed by atoms with Crippen molar-refractivity contribution in [1.29, 1.82) is 0 Å². The lowest BCUT2D eigenvalue weighted by Gasteiger charge is -2.28. The summed E-state index contributed by atoms with van der Waals surface area (Å²) in [6.07, 6.45) is 3.22. The van der Waals surface area contributed by atoms with Crippen molar-refractivity contribution >= 4 is 28.5 Å². The Hall–Kier alpha value is -2.83. The summed E-state index contributed by atoms with van der Waals surface area (Å²) in [7, 11) is 0. The van der Waals surface area contributed by atoms with Gasteiger partial charge < -0.3 is 19.0 Å². The van der Waals surface area contributed by atoms with Crippen molar-refractivity contribution in [2.75, 3.05) is 32.8 Å². The third-order valence-electron chi connectivity index (χ3n) is 6.67. The predicted molar refractivity (Wildman–Crippen MR) is 140 cm³/mol. The van der Waals surface area contributed by atoms with Crippen LogP contribution in [0.3, 0.4) is 0 Å². The molecule has 2 aromatic carbocycles. The second-order valence-electron chi connectivity index (χ2n) is 8.87. The van der Waals surface area contributed by atoms with E-state index in [2.05, 4.69) is 25.7 Å². The van der Waals surface area contributed by atoms with Gasteiger partial charge in [0, 0.05) is 18.1 Å². The highest BCUT2D eigenvalue weighted by atomic mass is 35.5. The maximum Gasteiger partial charge on any atom is 0.290 e. The molecule has 1 unspecified atom stereocenters. The van der Waals surface area contributed by atoms with Gasteiger partial charge in [0.1, 0.15) is 11.3 Å². The van der Waals surface area contributed by atoms with Crippen molar-refractivity contribution in [1.82, 2.24) is 9.80 Å². The molecular formula is C28H33ClN2O4. The highest BCUT2D eigenvalue weighted by Gasteiger charge is 2.42. The number of hydrogen-bond donors (Lipinski definition) is 0. The van der Waals surface area contributed by atoms with Crippen LogP contribution in [0.4, 0.5) is 0 Å². The maximum absolute atomic E-state index is 13.7. The number of unbranched alkanes of at least 4 members (excludes halogenated alkanes) is 2. The number of ether oxygens (including phenoxy) is 1. The summed E-state index contributed by atoms with van der Waals surface area (Å²) in [5, 5.41) is 0.832. The van der Waals surface area contributed by atoms with Gasteiger partial charge in [-0.2, -0.15) is 0 Å². The third-order valence-corrected chi connectivity index (χ3v) is 6.90. The van der Waals surface area contributed by atoms with Crippen molar-refractivity contribution in [2.45, 2.75) is 46.1 Å². The van der Waals surface area contributed by atoms with E-state index < -0.39 is 6.04 Å². The molecule has 6 nitrogen and oxygen atoms in total. The van der Waals surface area contributed by atoms with E-state index in [1.165, 1.54) is 0 Å². The Balaban J connectivity index is 1.78. The molecule has 1 amide bonds.